The first-order valence-electron chi connectivity index (χ1n) is 20.1. The van der Waals surface area contributed by atoms with Crippen molar-refractivity contribution < 1.29 is 66.3 Å². The number of hydrogen-bond donors (Lipinski definition) is 14. The molecule has 0 saturated carbocycles. The average Bonchev–Trinajstić information content (AvgIpc) is 3.13. The van der Waals surface area contributed by atoms with Gasteiger partial charge in [0.2, 0.25) is 35.4 Å². The summed E-state index contributed by atoms with van der Waals surface area (Å²) < 4.78 is 0. The molecule has 6 amide bonds. The second-order valence-electron chi connectivity index (χ2n) is 14.4. The molecular formula is C36H69N18O7Y+2. The third-order valence-corrected chi connectivity index (χ3v) is 8.68. The fraction of sp³-hybridized carbons (Fsp3) is 0.694. The molecule has 0 bridgehead atoms. The molecule has 346 valence electrons. The first-order valence-corrected chi connectivity index (χ1v) is 20.1. The zero-order chi connectivity index (χ0) is 46.2. The fourth-order valence-electron chi connectivity index (χ4n) is 6.06. The monoisotopic (exact) mass is 954 g/mol. The van der Waals surface area contributed by atoms with Gasteiger partial charge in [0, 0.05) is 95.4 Å². The molecule has 0 radical (unpaired) electrons. The van der Waals surface area contributed by atoms with Gasteiger partial charge in [0.1, 0.15) is 0 Å². The Morgan fingerprint density at radius 1 is 0.452 bits per heavy atom. The Bertz CT molecular complexity index is 1510. The van der Waals surface area contributed by atoms with E-state index in [2.05, 4.69) is 46.6 Å². The molecule has 5 atom stereocenters. The molecule has 0 fully saturated rings. The van der Waals surface area contributed by atoms with Crippen LogP contribution in [-0.2, 0) is 66.3 Å². The Kier molecular flexibility index (Phi) is 33.4. The molecule has 0 saturated heterocycles. The first-order chi connectivity index (χ1) is 28.8. The Hall–Kier alpha value is -5.33. The van der Waals surface area contributed by atoms with Crippen molar-refractivity contribution in [2.75, 3.05) is 26.2 Å². The van der Waals surface area contributed by atoms with Gasteiger partial charge >= 0.3 is 32.7 Å². The van der Waals surface area contributed by atoms with Crippen LogP contribution >= 0.6 is 0 Å². The Labute approximate surface area is 387 Å². The van der Waals surface area contributed by atoms with E-state index in [1.54, 1.807) is 6.29 Å². The zero-order valence-corrected chi connectivity index (χ0v) is 38.6. The van der Waals surface area contributed by atoms with E-state index in [4.69, 9.17) is 51.6 Å². The normalized spacial score (nSPS) is 12.8. The van der Waals surface area contributed by atoms with Crippen LogP contribution < -0.4 is 78.2 Å². The number of nitrogens with zero attached hydrogens (tertiary/aromatic N) is 4. The molecule has 0 aliphatic carbocycles. The van der Waals surface area contributed by atoms with Crippen molar-refractivity contribution in [1.29, 1.82) is 0 Å². The summed E-state index contributed by atoms with van der Waals surface area (Å²) in [7, 11) is 0. The van der Waals surface area contributed by atoms with Gasteiger partial charge in [-0.3, -0.25) is 55.0 Å². The number of amides is 6. The van der Waals surface area contributed by atoms with Gasteiger partial charge < -0.3 is 83.0 Å². The number of primary amides is 1. The summed E-state index contributed by atoms with van der Waals surface area (Å²) in [5.41, 5.74) is 48.7. The summed E-state index contributed by atoms with van der Waals surface area (Å²) in [5.74, 6) is -3.39. The topological polar surface area (TPSA) is 463 Å². The summed E-state index contributed by atoms with van der Waals surface area (Å²) in [5, 5.41) is 14.0. The van der Waals surface area contributed by atoms with Gasteiger partial charge in [-0.2, -0.15) is 0 Å². The van der Waals surface area contributed by atoms with E-state index in [9.17, 15) is 33.6 Å². The minimum atomic E-state index is -0.837. The minimum Gasteiger partial charge on any atom is -0.542 e. The molecule has 0 aromatic carbocycles. The molecule has 0 aliphatic heterocycles. The van der Waals surface area contributed by atoms with E-state index >= 15 is 0 Å². The molecule has 0 aromatic heterocycles. The number of guanidine groups is 4. The van der Waals surface area contributed by atoms with Gasteiger partial charge in [0.05, 0.1) is 0 Å². The van der Waals surface area contributed by atoms with Crippen molar-refractivity contribution in [3.05, 3.63) is 0 Å². The van der Waals surface area contributed by atoms with Crippen LogP contribution in [0.2, 0.25) is 0 Å². The summed E-state index contributed by atoms with van der Waals surface area (Å²) in [6, 6.07) is -3.39. The van der Waals surface area contributed by atoms with E-state index < -0.39 is 59.7 Å². The number of carbonyl (C=O) groups is 6. The predicted molar refractivity (Wildman–Crippen MR) is 232 cm³/mol. The summed E-state index contributed by atoms with van der Waals surface area (Å²) >= 11 is 0. The molecular weight excluding hydrogens is 885 g/mol. The third-order valence-electron chi connectivity index (χ3n) is 8.68. The van der Waals surface area contributed by atoms with Gasteiger partial charge in [0.15, 0.2) is 23.8 Å². The molecule has 5 unspecified atom stereocenters. The van der Waals surface area contributed by atoms with Gasteiger partial charge in [-0.25, -0.2) is 0 Å². The van der Waals surface area contributed by atoms with Crippen LogP contribution in [0.1, 0.15) is 103 Å². The van der Waals surface area contributed by atoms with E-state index in [1.165, 1.54) is 6.92 Å². The summed E-state index contributed by atoms with van der Waals surface area (Å²) in [6.07, 6.45) is 3.90. The molecule has 0 rings (SSSR count). The molecule has 25 nitrogen and oxygen atoms in total. The average molecular weight is 955 g/mol. The summed E-state index contributed by atoms with van der Waals surface area (Å²) in [6.45, 7) is 2.33. The maximum Gasteiger partial charge on any atom is 3.00 e. The largest absolute Gasteiger partial charge is 3.00 e. The van der Waals surface area contributed by atoms with Gasteiger partial charge in [-0.15, -0.1) is 6.42 Å². The van der Waals surface area contributed by atoms with Crippen molar-refractivity contribution in [3.8, 4) is 0 Å². The van der Waals surface area contributed by atoms with Crippen LogP contribution in [0.25, 0.3) is 0 Å². The van der Waals surface area contributed by atoms with Crippen molar-refractivity contribution in [1.82, 2.24) is 26.6 Å². The van der Waals surface area contributed by atoms with Crippen LogP contribution in [-0.4, -0.2) is 122 Å². The van der Waals surface area contributed by atoms with E-state index in [-0.39, 0.29) is 133 Å². The number of carbonyl (C=O) groups excluding carboxylic acids is 7. The van der Waals surface area contributed by atoms with Gasteiger partial charge in [-0.05, 0) is 57.8 Å². The number of aliphatic imine (C=N–C) groups is 4. The number of hydrogen-bond acceptors (Lipinski definition) is 11. The van der Waals surface area contributed by atoms with Crippen molar-refractivity contribution in [3.63, 3.8) is 0 Å². The van der Waals surface area contributed by atoms with Gasteiger partial charge in [-0.1, -0.05) is 0 Å². The maximum absolute atomic E-state index is 13.5. The molecule has 26 heteroatoms. The van der Waals surface area contributed by atoms with Crippen LogP contribution in [0.5, 0.6) is 0 Å². The second-order valence-corrected chi connectivity index (χ2v) is 14.4. The fourth-order valence-corrected chi connectivity index (χ4v) is 6.06. The predicted octanol–water partition coefficient (Wildman–Crippen LogP) is -5.03. The minimum absolute atomic E-state index is 0. The van der Waals surface area contributed by atoms with E-state index in [0.29, 0.717) is 51.5 Å². The van der Waals surface area contributed by atoms with Gasteiger partial charge in [0.25, 0.3) is 0 Å². The number of rotatable bonds is 34. The summed E-state index contributed by atoms with van der Waals surface area (Å²) in [4.78, 5) is 104. The quantitative estimate of drug-likeness (QED) is 0.0124. The number of nitrogens with two attached hydrogens (primary N) is 9. The van der Waals surface area contributed by atoms with Crippen molar-refractivity contribution in [2.45, 2.75) is 133 Å². The Balaban J connectivity index is 0. The van der Waals surface area contributed by atoms with Crippen LogP contribution in [0, 0.1) is 0 Å². The maximum atomic E-state index is 13.5. The first kappa shape index (κ1) is 58.8. The van der Waals surface area contributed by atoms with Crippen molar-refractivity contribution >= 4 is 65.6 Å². The van der Waals surface area contributed by atoms with E-state index in [1.807, 2.05) is 0 Å². The zero-order valence-electron chi connectivity index (χ0n) is 35.7. The standard InChI is InChI=1S/C36H69N18O7.Y/c1-22(56)50-24(7-3-14-47-34(40)41)18-30(59)54-27(10-11-28(37)57)21-32(61)53-26(9-5-16-49-36(44)45)20-31(60)52-25(8-4-15-48-35(42)43)19-29(58)51-23(12-17-55)6-2-13-46-33(38)39;/h23-27H,2-16,18-21H2,1H3,(H2,37,57)(H,50,56)(H,51,58)(H,52,60)(H,53,61)(H,54,59)(H4,38,39,46)(H4,40,41,47)(H4,42,43,48)(H4,44,45,49);/q-1;+3. The molecule has 0 heterocycles. The second kappa shape index (κ2) is 35.3. The smallest absolute Gasteiger partial charge is 0.542 e. The van der Waals surface area contributed by atoms with Crippen LogP contribution in [0.3, 0.4) is 0 Å². The molecule has 0 spiro atoms. The van der Waals surface area contributed by atoms with Crippen LogP contribution in [0.4, 0.5) is 0 Å². The van der Waals surface area contributed by atoms with Crippen LogP contribution in [0.15, 0.2) is 20.0 Å². The van der Waals surface area contributed by atoms with Crippen molar-refractivity contribution in [2.24, 2.45) is 71.6 Å². The number of nitrogens with one attached hydrogen (secondary N) is 5. The third kappa shape index (κ3) is 35.4. The van der Waals surface area contributed by atoms with E-state index in [0.717, 1.165) is 0 Å². The SMILES string of the molecule is CC(=O)NC(CCCN=C(N)N)CC(=O)NC(CCC(N)=O)CC(=O)NC(CCCN=C(N)N)CC(=O)NC(CCCN=C(N)N)CC(=O)NC(C[C-]=O)CCCN=C(N)N.[Y+3]. The molecule has 0 aliphatic rings. The molecule has 23 N–H and O–H groups in total. The molecule has 62 heavy (non-hydrogen) atoms. The Morgan fingerprint density at radius 2 is 0.726 bits per heavy atom. The molecule has 0 aromatic rings. The Morgan fingerprint density at radius 3 is 1.00 bits per heavy atom.